The minimum Gasteiger partial charge on any atom is -0.423 e. The third-order valence-electron chi connectivity index (χ3n) is 1.46. The van der Waals surface area contributed by atoms with Crippen LogP contribution in [0.2, 0.25) is 5.02 Å². The summed E-state index contributed by atoms with van der Waals surface area (Å²) in [4.78, 5) is 10.4. The highest BCUT2D eigenvalue weighted by Gasteiger charge is 2.16. The Hall–Kier alpha value is -0.835. The van der Waals surface area contributed by atoms with Crippen LogP contribution in [0.5, 0.6) is 0 Å². The summed E-state index contributed by atoms with van der Waals surface area (Å²) in [6.45, 7) is 0. The maximum absolute atomic E-state index is 10.4. The predicted molar refractivity (Wildman–Crippen MR) is 46.7 cm³/mol. The van der Waals surface area contributed by atoms with E-state index >= 15 is 0 Å². The molecule has 12 heavy (non-hydrogen) atoms. The predicted octanol–water partition coefficient (Wildman–Crippen LogP) is -0.168. The van der Waals surface area contributed by atoms with Crippen molar-refractivity contribution in [3.63, 3.8) is 0 Å². The first kappa shape index (κ1) is 9.25. The second kappa shape index (κ2) is 3.71. The molecule has 0 bridgehead atoms. The first-order chi connectivity index (χ1) is 5.66. The highest BCUT2D eigenvalue weighted by Crippen LogP contribution is 2.10. The third kappa shape index (κ3) is 1.66. The molecule has 0 saturated heterocycles. The monoisotopic (exact) mass is 184 g/mol. The molecule has 0 aliphatic heterocycles. The van der Waals surface area contributed by atoms with Crippen LogP contribution in [-0.4, -0.2) is 23.5 Å². The summed E-state index contributed by atoms with van der Waals surface area (Å²) in [5.41, 5.74) is 0.392. The number of halogens is 1. The smallest absolute Gasteiger partial charge is 0.423 e. The van der Waals surface area contributed by atoms with Crippen molar-refractivity contribution in [1.29, 1.82) is 0 Å². The zero-order valence-electron chi connectivity index (χ0n) is 6.07. The van der Waals surface area contributed by atoms with Gasteiger partial charge in [0.25, 0.3) is 0 Å². The molecule has 1 rings (SSSR count). The molecule has 62 valence electrons. The van der Waals surface area contributed by atoms with Gasteiger partial charge < -0.3 is 10.0 Å². The van der Waals surface area contributed by atoms with Crippen LogP contribution in [0, 0.1) is 0 Å². The van der Waals surface area contributed by atoms with Gasteiger partial charge in [0.2, 0.25) is 0 Å². The quantitative estimate of drug-likeness (QED) is 0.496. The van der Waals surface area contributed by atoms with Crippen molar-refractivity contribution in [3.05, 3.63) is 28.8 Å². The lowest BCUT2D eigenvalue weighted by Crippen LogP contribution is -2.31. The lowest BCUT2D eigenvalue weighted by molar-refractivity contribution is 0.112. The van der Waals surface area contributed by atoms with Gasteiger partial charge in [0.15, 0.2) is 6.29 Å². The van der Waals surface area contributed by atoms with Gasteiger partial charge >= 0.3 is 7.12 Å². The Morgan fingerprint density at radius 2 is 2.08 bits per heavy atom. The van der Waals surface area contributed by atoms with E-state index in [0.29, 0.717) is 6.29 Å². The van der Waals surface area contributed by atoms with Crippen molar-refractivity contribution in [2.75, 3.05) is 0 Å². The van der Waals surface area contributed by atoms with E-state index in [-0.39, 0.29) is 16.0 Å². The van der Waals surface area contributed by atoms with Crippen LogP contribution in [0.3, 0.4) is 0 Å². The van der Waals surface area contributed by atoms with E-state index in [0.717, 1.165) is 0 Å². The fourth-order valence-corrected chi connectivity index (χ4v) is 1.13. The van der Waals surface area contributed by atoms with Crippen LogP contribution >= 0.6 is 11.6 Å². The Labute approximate surface area is 74.7 Å². The lowest BCUT2D eigenvalue weighted by atomic mass is 9.79. The summed E-state index contributed by atoms with van der Waals surface area (Å²) < 4.78 is 0. The minimum absolute atomic E-state index is 0.0856. The molecule has 0 spiro atoms. The molecule has 0 heterocycles. The summed E-state index contributed by atoms with van der Waals surface area (Å²) in [6, 6.07) is 4.48. The van der Waals surface area contributed by atoms with Crippen molar-refractivity contribution in [1.82, 2.24) is 0 Å². The summed E-state index contributed by atoms with van der Waals surface area (Å²) >= 11 is 5.65. The molecule has 0 aliphatic carbocycles. The zero-order chi connectivity index (χ0) is 9.14. The van der Waals surface area contributed by atoms with Crippen LogP contribution in [0.1, 0.15) is 10.4 Å². The number of aldehydes is 1. The second-order valence-electron chi connectivity index (χ2n) is 2.24. The van der Waals surface area contributed by atoms with Crippen LogP contribution in [0.25, 0.3) is 0 Å². The van der Waals surface area contributed by atoms with Gasteiger partial charge in [-0.05, 0) is 0 Å². The molecule has 0 aromatic heterocycles. The van der Waals surface area contributed by atoms with Gasteiger partial charge in [-0.1, -0.05) is 29.8 Å². The van der Waals surface area contributed by atoms with Gasteiger partial charge in [0, 0.05) is 11.0 Å². The van der Waals surface area contributed by atoms with E-state index in [2.05, 4.69) is 0 Å². The molecule has 0 saturated carbocycles. The maximum Gasteiger partial charge on any atom is 0.489 e. The topological polar surface area (TPSA) is 57.5 Å². The Morgan fingerprint density at radius 1 is 1.42 bits per heavy atom. The number of carbonyl (C=O) groups excluding carboxylic acids is 1. The second-order valence-corrected chi connectivity index (χ2v) is 2.62. The molecule has 0 fully saturated rings. The third-order valence-corrected chi connectivity index (χ3v) is 1.90. The standard InChI is InChI=1S/C7H6BClO3/c9-7-5(4-10)2-1-3-6(7)8(11)12/h1-4,11-12H. The molecule has 0 atom stereocenters. The minimum atomic E-state index is -1.64. The van der Waals surface area contributed by atoms with E-state index in [9.17, 15) is 4.79 Å². The maximum atomic E-state index is 10.4. The Morgan fingerprint density at radius 3 is 2.58 bits per heavy atom. The fraction of sp³-hybridized carbons (Fsp3) is 0. The largest absolute Gasteiger partial charge is 0.489 e. The Bertz CT molecular complexity index is 301. The normalized spacial score (nSPS) is 9.58. The molecule has 0 amide bonds. The summed E-state index contributed by atoms with van der Waals surface area (Å²) in [5, 5.41) is 17.6. The molecular formula is C7H6BClO3. The zero-order valence-corrected chi connectivity index (χ0v) is 6.82. The van der Waals surface area contributed by atoms with Crippen LogP contribution in [-0.2, 0) is 0 Å². The highest BCUT2D eigenvalue weighted by molar-refractivity contribution is 6.63. The molecule has 0 aliphatic rings. The Kier molecular flexibility index (Phi) is 2.86. The Balaban J connectivity index is 3.22. The van der Waals surface area contributed by atoms with Gasteiger partial charge in [-0.3, -0.25) is 4.79 Å². The van der Waals surface area contributed by atoms with Gasteiger partial charge in [-0.2, -0.15) is 0 Å². The number of benzene rings is 1. The molecule has 1 aromatic carbocycles. The van der Waals surface area contributed by atoms with Crippen LogP contribution in [0.15, 0.2) is 18.2 Å². The van der Waals surface area contributed by atoms with Crippen molar-refractivity contribution in [3.8, 4) is 0 Å². The first-order valence-corrected chi connectivity index (χ1v) is 3.64. The van der Waals surface area contributed by atoms with Crippen molar-refractivity contribution < 1.29 is 14.8 Å². The molecule has 0 unspecified atom stereocenters. The van der Waals surface area contributed by atoms with Crippen molar-refractivity contribution in [2.24, 2.45) is 0 Å². The highest BCUT2D eigenvalue weighted by atomic mass is 35.5. The summed E-state index contributed by atoms with van der Waals surface area (Å²) in [5.74, 6) is 0. The van der Waals surface area contributed by atoms with E-state index in [1.165, 1.54) is 18.2 Å². The SMILES string of the molecule is O=Cc1cccc(B(O)O)c1Cl. The number of hydrogen-bond acceptors (Lipinski definition) is 3. The van der Waals surface area contributed by atoms with Gasteiger partial charge in [-0.25, -0.2) is 0 Å². The van der Waals surface area contributed by atoms with Gasteiger partial charge in [-0.15, -0.1) is 0 Å². The number of hydrogen-bond donors (Lipinski definition) is 2. The summed E-state index contributed by atoms with van der Waals surface area (Å²) in [7, 11) is -1.64. The number of rotatable bonds is 2. The first-order valence-electron chi connectivity index (χ1n) is 3.26. The van der Waals surface area contributed by atoms with E-state index in [4.69, 9.17) is 21.6 Å². The average Bonchev–Trinajstić information content (AvgIpc) is 2.04. The van der Waals surface area contributed by atoms with E-state index in [1.54, 1.807) is 0 Å². The summed E-state index contributed by atoms with van der Waals surface area (Å²) in [6.07, 6.45) is 0.564. The van der Waals surface area contributed by atoms with Crippen LogP contribution in [0.4, 0.5) is 0 Å². The molecule has 3 nitrogen and oxygen atoms in total. The molecule has 0 radical (unpaired) electrons. The van der Waals surface area contributed by atoms with Gasteiger partial charge in [0.05, 0.1) is 5.02 Å². The molecule has 1 aromatic rings. The number of carbonyl (C=O) groups is 1. The van der Waals surface area contributed by atoms with Crippen molar-refractivity contribution >= 4 is 30.5 Å². The lowest BCUT2D eigenvalue weighted by Gasteiger charge is -2.03. The van der Waals surface area contributed by atoms with E-state index in [1.807, 2.05) is 0 Å². The molecular weight excluding hydrogens is 178 g/mol. The van der Waals surface area contributed by atoms with E-state index < -0.39 is 7.12 Å². The molecule has 2 N–H and O–H groups in total. The molecule has 5 heteroatoms. The van der Waals surface area contributed by atoms with Gasteiger partial charge in [0.1, 0.15) is 0 Å². The van der Waals surface area contributed by atoms with Crippen molar-refractivity contribution in [2.45, 2.75) is 0 Å². The fourth-order valence-electron chi connectivity index (χ4n) is 0.859. The average molecular weight is 184 g/mol. The van der Waals surface area contributed by atoms with Crippen LogP contribution < -0.4 is 5.46 Å².